The van der Waals surface area contributed by atoms with Gasteiger partial charge < -0.3 is 23.8 Å². The molecule has 7 heteroatoms. The van der Waals surface area contributed by atoms with Crippen LogP contribution in [-0.2, 0) is 30.3 Å². The molecule has 0 spiro atoms. The first-order valence-electron chi connectivity index (χ1n) is 10.5. The second-order valence-corrected chi connectivity index (χ2v) is 8.89. The van der Waals surface area contributed by atoms with E-state index in [1.165, 1.54) is 0 Å². The molecule has 7 atom stereocenters. The Morgan fingerprint density at radius 2 is 1.76 bits per heavy atom. The summed E-state index contributed by atoms with van der Waals surface area (Å²) in [6.45, 7) is 9.51. The van der Waals surface area contributed by atoms with E-state index in [0.717, 1.165) is 5.56 Å². The predicted molar refractivity (Wildman–Crippen MR) is 108 cm³/mol. The van der Waals surface area contributed by atoms with Gasteiger partial charge in [0, 0.05) is 19.0 Å². The summed E-state index contributed by atoms with van der Waals surface area (Å²) in [5.41, 5.74) is 1.06. The maximum Gasteiger partial charge on any atom is 0.227 e. The van der Waals surface area contributed by atoms with Gasteiger partial charge in [-0.2, -0.15) is 0 Å². The third-order valence-electron chi connectivity index (χ3n) is 6.03. The molecule has 6 nitrogen and oxygen atoms in total. The number of alkyl halides is 1. The molecule has 0 bridgehead atoms. The van der Waals surface area contributed by atoms with Gasteiger partial charge in [-0.05, 0) is 33.3 Å². The van der Waals surface area contributed by atoms with Gasteiger partial charge in [0.1, 0.15) is 12.2 Å². The molecule has 29 heavy (non-hydrogen) atoms. The van der Waals surface area contributed by atoms with Crippen molar-refractivity contribution in [2.45, 2.75) is 70.1 Å². The lowest BCUT2D eigenvalue weighted by atomic mass is 10.1. The summed E-state index contributed by atoms with van der Waals surface area (Å²) in [5.74, 6) is -0.977. The van der Waals surface area contributed by atoms with Crippen molar-refractivity contribution in [2.24, 2.45) is 11.8 Å². The number of benzene rings is 1. The van der Waals surface area contributed by atoms with E-state index < -0.39 is 12.1 Å². The molecule has 1 aromatic rings. The second kappa shape index (κ2) is 8.16. The standard InChI is InChI=1S/C22H30ClNO5/c1-5-24(6-2)20(25)15-14(16(15)23)17-18-19(29-22(3,4)28-18)21(27-17)26-12-13-10-8-7-9-11-13/h7-11,14-19,21H,5-6,12H2,1-4H3/t14-,15-,16-,17+,18-,19-,21-/m0/s1. The quantitative estimate of drug-likeness (QED) is 0.630. The van der Waals surface area contributed by atoms with Crippen molar-refractivity contribution < 1.29 is 23.7 Å². The fourth-order valence-electron chi connectivity index (χ4n) is 4.52. The maximum atomic E-state index is 12.8. The Balaban J connectivity index is 1.47. The number of amides is 1. The maximum absolute atomic E-state index is 12.8. The lowest BCUT2D eigenvalue weighted by Crippen LogP contribution is -2.35. The van der Waals surface area contributed by atoms with Crippen molar-refractivity contribution in [2.75, 3.05) is 13.1 Å². The topological polar surface area (TPSA) is 57.2 Å². The Morgan fingerprint density at radius 1 is 1.10 bits per heavy atom. The summed E-state index contributed by atoms with van der Waals surface area (Å²) >= 11 is 6.57. The molecule has 0 N–H and O–H groups in total. The van der Waals surface area contributed by atoms with Crippen LogP contribution in [0.5, 0.6) is 0 Å². The van der Waals surface area contributed by atoms with Crippen LogP contribution in [0, 0.1) is 11.8 Å². The van der Waals surface area contributed by atoms with Crippen molar-refractivity contribution in [3.8, 4) is 0 Å². The molecule has 4 rings (SSSR count). The van der Waals surface area contributed by atoms with Crippen LogP contribution in [0.4, 0.5) is 0 Å². The Hall–Kier alpha value is -1.18. The number of ether oxygens (including phenoxy) is 4. The van der Waals surface area contributed by atoms with E-state index >= 15 is 0 Å². The molecule has 3 aliphatic rings. The van der Waals surface area contributed by atoms with Crippen molar-refractivity contribution in [1.29, 1.82) is 0 Å². The van der Waals surface area contributed by atoms with E-state index in [1.54, 1.807) is 0 Å². The molecule has 2 saturated heterocycles. The molecule has 2 aliphatic heterocycles. The lowest BCUT2D eigenvalue weighted by Gasteiger charge is -2.24. The average Bonchev–Trinajstić information content (AvgIpc) is 3.09. The van der Waals surface area contributed by atoms with Crippen LogP contribution >= 0.6 is 11.6 Å². The number of nitrogens with zero attached hydrogens (tertiary/aromatic N) is 1. The number of halogens is 1. The first kappa shape index (κ1) is 21.1. The van der Waals surface area contributed by atoms with E-state index in [1.807, 2.05) is 62.9 Å². The molecule has 0 radical (unpaired) electrons. The third-order valence-corrected chi connectivity index (χ3v) is 6.59. The summed E-state index contributed by atoms with van der Waals surface area (Å²) in [6.07, 6.45) is -1.52. The number of hydrogen-bond donors (Lipinski definition) is 0. The minimum absolute atomic E-state index is 0.0898. The van der Waals surface area contributed by atoms with Crippen LogP contribution in [0.2, 0.25) is 0 Å². The van der Waals surface area contributed by atoms with Gasteiger partial charge in [-0.25, -0.2) is 0 Å². The summed E-state index contributed by atoms with van der Waals surface area (Å²) in [6, 6.07) is 9.94. The molecule has 2 heterocycles. The largest absolute Gasteiger partial charge is 0.345 e. The zero-order chi connectivity index (χ0) is 20.8. The van der Waals surface area contributed by atoms with Crippen LogP contribution in [0.3, 0.4) is 0 Å². The van der Waals surface area contributed by atoms with Gasteiger partial charge in [-0.1, -0.05) is 30.3 Å². The summed E-state index contributed by atoms with van der Waals surface area (Å²) in [7, 11) is 0. The lowest BCUT2D eigenvalue weighted by molar-refractivity contribution is -0.238. The number of fused-ring (bicyclic) bond motifs is 1. The number of hydrogen-bond acceptors (Lipinski definition) is 5. The molecule has 1 saturated carbocycles. The van der Waals surface area contributed by atoms with Crippen LogP contribution in [0.1, 0.15) is 33.3 Å². The molecule has 1 aliphatic carbocycles. The zero-order valence-electron chi connectivity index (χ0n) is 17.4. The Morgan fingerprint density at radius 3 is 2.41 bits per heavy atom. The molecule has 1 amide bonds. The summed E-state index contributed by atoms with van der Waals surface area (Å²) in [5, 5.41) is -0.256. The average molecular weight is 424 g/mol. The van der Waals surface area contributed by atoms with Crippen molar-refractivity contribution in [3.63, 3.8) is 0 Å². The van der Waals surface area contributed by atoms with Gasteiger partial charge >= 0.3 is 0 Å². The monoisotopic (exact) mass is 423 g/mol. The van der Waals surface area contributed by atoms with E-state index in [-0.39, 0.29) is 41.4 Å². The normalized spacial score (nSPS) is 37.3. The van der Waals surface area contributed by atoms with Gasteiger partial charge in [0.05, 0.1) is 24.0 Å². The number of carbonyl (C=O) groups is 1. The van der Waals surface area contributed by atoms with Crippen LogP contribution < -0.4 is 0 Å². The third kappa shape index (κ3) is 4.06. The van der Waals surface area contributed by atoms with E-state index in [4.69, 9.17) is 30.5 Å². The van der Waals surface area contributed by atoms with Crippen LogP contribution in [0.25, 0.3) is 0 Å². The minimum atomic E-state index is -0.721. The molecule has 160 valence electrons. The molecular weight excluding hydrogens is 394 g/mol. The van der Waals surface area contributed by atoms with E-state index in [0.29, 0.717) is 19.7 Å². The van der Waals surface area contributed by atoms with Gasteiger partial charge in [-0.15, -0.1) is 11.6 Å². The summed E-state index contributed by atoms with van der Waals surface area (Å²) < 4.78 is 24.5. The highest BCUT2D eigenvalue weighted by Crippen LogP contribution is 2.54. The zero-order valence-corrected chi connectivity index (χ0v) is 18.2. The smallest absolute Gasteiger partial charge is 0.227 e. The highest BCUT2D eigenvalue weighted by atomic mass is 35.5. The Kier molecular flexibility index (Phi) is 5.93. The highest BCUT2D eigenvalue weighted by molar-refractivity contribution is 6.25. The number of rotatable bonds is 7. The van der Waals surface area contributed by atoms with Crippen molar-refractivity contribution in [1.82, 2.24) is 4.90 Å². The fourth-order valence-corrected chi connectivity index (χ4v) is 5.01. The Bertz CT molecular complexity index is 725. The fraction of sp³-hybridized carbons (Fsp3) is 0.682. The van der Waals surface area contributed by atoms with Crippen LogP contribution in [-0.4, -0.2) is 59.7 Å². The van der Waals surface area contributed by atoms with Gasteiger partial charge in [0.2, 0.25) is 5.91 Å². The first-order chi connectivity index (χ1) is 13.9. The van der Waals surface area contributed by atoms with E-state index in [2.05, 4.69) is 0 Å². The van der Waals surface area contributed by atoms with Gasteiger partial charge in [0.15, 0.2) is 12.1 Å². The molecule has 0 aromatic heterocycles. The van der Waals surface area contributed by atoms with Crippen molar-refractivity contribution in [3.05, 3.63) is 35.9 Å². The second-order valence-electron chi connectivity index (χ2n) is 8.39. The van der Waals surface area contributed by atoms with E-state index in [9.17, 15) is 4.79 Å². The first-order valence-corrected chi connectivity index (χ1v) is 10.9. The molecular formula is C22H30ClNO5. The minimum Gasteiger partial charge on any atom is -0.345 e. The van der Waals surface area contributed by atoms with Gasteiger partial charge in [-0.3, -0.25) is 4.79 Å². The molecule has 1 aromatic carbocycles. The van der Waals surface area contributed by atoms with Gasteiger partial charge in [0.25, 0.3) is 0 Å². The predicted octanol–water partition coefficient (Wildman–Crippen LogP) is 3.17. The summed E-state index contributed by atoms with van der Waals surface area (Å²) in [4.78, 5) is 14.7. The molecule has 3 fully saturated rings. The molecule has 0 unspecified atom stereocenters. The van der Waals surface area contributed by atoms with Crippen LogP contribution in [0.15, 0.2) is 30.3 Å². The Labute approximate surface area is 177 Å². The highest BCUT2D eigenvalue weighted by Gasteiger charge is 2.67. The van der Waals surface area contributed by atoms with Crippen molar-refractivity contribution >= 4 is 17.5 Å². The number of carbonyl (C=O) groups excluding carboxylic acids is 1. The SMILES string of the molecule is CCN(CC)C(=O)[C@@H]1[C@@H](Cl)[C@H]1[C@H]1O[C@H](OCc2ccccc2)[C@H]2OC(C)(C)O[C@H]21.